The second kappa shape index (κ2) is 11.8. The number of carbonyl (C=O) groups excluding carboxylic acids is 2. The molecule has 1 saturated heterocycles. The summed E-state index contributed by atoms with van der Waals surface area (Å²) in [6.45, 7) is 2.82. The number of carbonyl (C=O) groups is 2. The minimum atomic E-state index is -0.831. The summed E-state index contributed by atoms with van der Waals surface area (Å²) in [5.41, 5.74) is 3.17. The smallest absolute Gasteiger partial charge is 0.295 e. The molecule has 8 nitrogen and oxygen atoms in total. The summed E-state index contributed by atoms with van der Waals surface area (Å²) >= 11 is 0. The van der Waals surface area contributed by atoms with E-state index in [9.17, 15) is 14.7 Å². The quantitative estimate of drug-likeness (QED) is 0.237. The van der Waals surface area contributed by atoms with Crippen molar-refractivity contribution in [3.8, 4) is 17.2 Å². The van der Waals surface area contributed by atoms with E-state index in [1.54, 1.807) is 42.5 Å². The Morgan fingerprint density at radius 3 is 2.32 bits per heavy atom. The third-order valence-electron chi connectivity index (χ3n) is 6.42. The van der Waals surface area contributed by atoms with E-state index in [0.717, 1.165) is 11.1 Å². The van der Waals surface area contributed by atoms with Crippen molar-refractivity contribution in [3.63, 3.8) is 0 Å². The van der Waals surface area contributed by atoms with Crippen LogP contribution in [-0.4, -0.2) is 56.2 Å². The van der Waals surface area contributed by atoms with E-state index in [-0.39, 0.29) is 24.5 Å². The van der Waals surface area contributed by atoms with Crippen molar-refractivity contribution in [1.82, 2.24) is 4.90 Å². The lowest BCUT2D eigenvalue weighted by molar-refractivity contribution is -0.140. The highest BCUT2D eigenvalue weighted by Crippen LogP contribution is 2.42. The first-order valence-corrected chi connectivity index (χ1v) is 12.2. The van der Waals surface area contributed by atoms with Crippen LogP contribution < -0.4 is 14.2 Å². The number of methoxy groups -OCH3 is 3. The van der Waals surface area contributed by atoms with Gasteiger partial charge in [-0.2, -0.15) is 0 Å². The molecule has 38 heavy (non-hydrogen) atoms. The molecule has 1 heterocycles. The number of hydrogen-bond acceptors (Lipinski definition) is 7. The summed E-state index contributed by atoms with van der Waals surface area (Å²) in [6.07, 6.45) is 0. The number of aliphatic hydroxyl groups excluding tert-OH is 1. The van der Waals surface area contributed by atoms with E-state index < -0.39 is 17.7 Å². The number of amides is 1. The molecule has 3 aromatic rings. The molecule has 1 N–H and O–H groups in total. The first kappa shape index (κ1) is 26.8. The number of ether oxygens (including phenoxy) is 4. The van der Waals surface area contributed by atoms with Gasteiger partial charge in [0.1, 0.15) is 18.1 Å². The number of hydrogen-bond donors (Lipinski definition) is 1. The minimum absolute atomic E-state index is 0.00764. The summed E-state index contributed by atoms with van der Waals surface area (Å²) < 4.78 is 21.8. The Morgan fingerprint density at radius 2 is 1.66 bits per heavy atom. The Balaban J connectivity index is 1.68. The van der Waals surface area contributed by atoms with Gasteiger partial charge in [0.05, 0.1) is 32.4 Å². The maximum absolute atomic E-state index is 13.2. The molecule has 4 rings (SSSR count). The zero-order valence-corrected chi connectivity index (χ0v) is 21.9. The van der Waals surface area contributed by atoms with Gasteiger partial charge >= 0.3 is 0 Å². The van der Waals surface area contributed by atoms with Gasteiger partial charge in [-0.1, -0.05) is 35.9 Å². The fourth-order valence-electron chi connectivity index (χ4n) is 4.50. The highest BCUT2D eigenvalue weighted by Gasteiger charge is 2.46. The maximum atomic E-state index is 13.2. The lowest BCUT2D eigenvalue weighted by Gasteiger charge is -2.25. The van der Waals surface area contributed by atoms with Crippen LogP contribution in [0.5, 0.6) is 17.2 Å². The molecule has 1 aliphatic rings. The predicted octanol–water partition coefficient (Wildman–Crippen LogP) is 4.66. The van der Waals surface area contributed by atoms with Crippen molar-refractivity contribution < 1.29 is 33.6 Å². The van der Waals surface area contributed by atoms with Crippen LogP contribution in [0, 0.1) is 6.92 Å². The van der Waals surface area contributed by atoms with E-state index in [0.29, 0.717) is 35.0 Å². The molecular weight excluding hydrogens is 486 g/mol. The third-order valence-corrected chi connectivity index (χ3v) is 6.42. The van der Waals surface area contributed by atoms with Crippen molar-refractivity contribution in [2.75, 3.05) is 34.5 Å². The van der Waals surface area contributed by atoms with Gasteiger partial charge in [0, 0.05) is 19.2 Å². The molecule has 1 amide bonds. The summed E-state index contributed by atoms with van der Waals surface area (Å²) in [5, 5.41) is 11.3. The fourth-order valence-corrected chi connectivity index (χ4v) is 4.50. The van der Waals surface area contributed by atoms with Crippen LogP contribution in [0.25, 0.3) is 5.76 Å². The van der Waals surface area contributed by atoms with Crippen LogP contribution >= 0.6 is 0 Å². The van der Waals surface area contributed by atoms with Crippen molar-refractivity contribution in [2.45, 2.75) is 19.6 Å². The van der Waals surface area contributed by atoms with Gasteiger partial charge in [0.25, 0.3) is 11.7 Å². The number of aliphatic hydroxyl groups is 1. The van der Waals surface area contributed by atoms with Crippen LogP contribution in [-0.2, 0) is 20.9 Å². The van der Waals surface area contributed by atoms with Crippen LogP contribution in [0.4, 0.5) is 0 Å². The van der Waals surface area contributed by atoms with Crippen molar-refractivity contribution in [1.29, 1.82) is 0 Å². The van der Waals surface area contributed by atoms with Gasteiger partial charge in [-0.15, -0.1) is 0 Å². The van der Waals surface area contributed by atoms with E-state index in [4.69, 9.17) is 18.9 Å². The number of ketones is 1. The number of aryl methyl sites for hydroxylation is 1. The Labute approximate surface area is 222 Å². The fraction of sp³-hybridized carbons (Fsp3) is 0.267. The van der Waals surface area contributed by atoms with E-state index >= 15 is 0 Å². The minimum Gasteiger partial charge on any atom is -0.507 e. The van der Waals surface area contributed by atoms with Gasteiger partial charge in [-0.05, 0) is 54.4 Å². The monoisotopic (exact) mass is 517 g/mol. The predicted molar refractivity (Wildman–Crippen MR) is 142 cm³/mol. The highest BCUT2D eigenvalue weighted by atomic mass is 16.5. The molecule has 0 aromatic heterocycles. The lowest BCUT2D eigenvalue weighted by atomic mass is 9.95. The lowest BCUT2D eigenvalue weighted by Crippen LogP contribution is -2.32. The zero-order chi connectivity index (χ0) is 27.2. The summed E-state index contributed by atoms with van der Waals surface area (Å²) in [7, 11) is 4.55. The topological polar surface area (TPSA) is 94.5 Å². The molecular formula is C30H31NO7. The molecule has 0 bridgehead atoms. The van der Waals surface area contributed by atoms with Gasteiger partial charge < -0.3 is 29.0 Å². The average Bonchev–Trinajstić information content (AvgIpc) is 3.19. The van der Waals surface area contributed by atoms with Crippen molar-refractivity contribution in [2.24, 2.45) is 0 Å². The molecule has 0 spiro atoms. The van der Waals surface area contributed by atoms with Crippen LogP contribution in [0.3, 0.4) is 0 Å². The summed E-state index contributed by atoms with van der Waals surface area (Å²) in [4.78, 5) is 27.6. The molecule has 198 valence electrons. The van der Waals surface area contributed by atoms with Crippen molar-refractivity contribution >= 4 is 17.4 Å². The Bertz CT molecular complexity index is 1350. The first-order chi connectivity index (χ1) is 18.4. The number of nitrogens with zero attached hydrogens (tertiary/aromatic N) is 1. The number of benzene rings is 3. The van der Waals surface area contributed by atoms with Crippen LogP contribution in [0.15, 0.2) is 72.3 Å². The average molecular weight is 518 g/mol. The summed E-state index contributed by atoms with van der Waals surface area (Å²) in [6, 6.07) is 19.1. The van der Waals surface area contributed by atoms with Crippen LogP contribution in [0.2, 0.25) is 0 Å². The molecule has 0 unspecified atom stereocenters. The van der Waals surface area contributed by atoms with Gasteiger partial charge in [0.15, 0.2) is 11.5 Å². The van der Waals surface area contributed by atoms with Crippen LogP contribution in [0.1, 0.15) is 28.3 Å². The number of likely N-dealkylation sites (tertiary alicyclic amines) is 1. The van der Waals surface area contributed by atoms with E-state index in [2.05, 4.69) is 6.07 Å². The maximum Gasteiger partial charge on any atom is 0.295 e. The normalized spacial score (nSPS) is 16.5. The van der Waals surface area contributed by atoms with Gasteiger partial charge in [0.2, 0.25) is 0 Å². The van der Waals surface area contributed by atoms with Crippen molar-refractivity contribution in [3.05, 3.63) is 94.6 Å². The summed E-state index contributed by atoms with van der Waals surface area (Å²) in [5.74, 6) is -0.184. The Kier molecular flexibility index (Phi) is 8.33. The Morgan fingerprint density at radius 1 is 0.921 bits per heavy atom. The SMILES string of the molecule is COCCN1C(=O)C(=O)/C(=C(/O)c2ccc(OCc3cccc(C)c3)cc2)[C@@H]1c1ccc(OC)c(OC)c1. The second-order valence-corrected chi connectivity index (χ2v) is 8.90. The molecule has 3 aromatic carbocycles. The molecule has 0 saturated carbocycles. The molecule has 0 radical (unpaired) electrons. The molecule has 1 atom stereocenters. The zero-order valence-electron chi connectivity index (χ0n) is 21.9. The van der Waals surface area contributed by atoms with Gasteiger partial charge in [-0.25, -0.2) is 0 Å². The molecule has 0 aliphatic carbocycles. The first-order valence-electron chi connectivity index (χ1n) is 12.2. The van der Waals surface area contributed by atoms with E-state index in [1.807, 2.05) is 25.1 Å². The van der Waals surface area contributed by atoms with E-state index in [1.165, 1.54) is 26.2 Å². The van der Waals surface area contributed by atoms with Gasteiger partial charge in [-0.3, -0.25) is 9.59 Å². The number of rotatable bonds is 10. The third kappa shape index (κ3) is 5.50. The number of Topliss-reactive ketones (excluding diaryl/α,β-unsaturated/α-hetero) is 1. The second-order valence-electron chi connectivity index (χ2n) is 8.90. The molecule has 1 aliphatic heterocycles. The Hall–Kier alpha value is -4.30. The molecule has 8 heteroatoms. The standard InChI is InChI=1S/C30H31NO7/c1-19-6-5-7-20(16-19)18-38-23-11-8-21(9-12-23)28(32)26-27(31(14-15-35-2)30(34)29(26)33)22-10-13-24(36-3)25(17-22)37-4/h5-13,16-17,27,32H,14-15,18H2,1-4H3/b28-26+/t27-/m0/s1. The highest BCUT2D eigenvalue weighted by molar-refractivity contribution is 6.46. The molecule has 1 fully saturated rings. The largest absolute Gasteiger partial charge is 0.507 e.